The molecule has 2 heterocycles. The summed E-state index contributed by atoms with van der Waals surface area (Å²) in [5.74, 6) is 0.697. The van der Waals surface area contributed by atoms with Crippen molar-refractivity contribution in [3.63, 3.8) is 0 Å². The fraction of sp³-hybridized carbons (Fsp3) is 0. The number of rotatable bonds is 5. The molecule has 3 heteroatoms. The van der Waals surface area contributed by atoms with Crippen LogP contribution in [0.25, 0.3) is 99.4 Å². The molecular weight excluding hydrogens is 631 g/mol. The number of nitrogens with zero attached hydrogens (tertiary/aromatic N) is 3. The van der Waals surface area contributed by atoms with E-state index in [1.807, 2.05) is 18.3 Å². The van der Waals surface area contributed by atoms with Crippen LogP contribution in [0.5, 0.6) is 0 Å². The molecule has 0 saturated carbocycles. The summed E-state index contributed by atoms with van der Waals surface area (Å²) in [5, 5.41) is 8.81. The van der Waals surface area contributed by atoms with Gasteiger partial charge < -0.3 is 0 Å². The van der Waals surface area contributed by atoms with Crippen LogP contribution in [0.2, 0.25) is 0 Å². The second-order valence-electron chi connectivity index (χ2n) is 13.2. The summed E-state index contributed by atoms with van der Waals surface area (Å²) in [6.07, 6.45) is 1.88. The Bertz CT molecular complexity index is 2890. The fourth-order valence-corrected chi connectivity index (χ4v) is 7.55. The molecule has 3 nitrogen and oxygen atoms in total. The molecule has 52 heavy (non-hydrogen) atoms. The van der Waals surface area contributed by atoms with Gasteiger partial charge in [0.1, 0.15) is 0 Å². The lowest BCUT2D eigenvalue weighted by atomic mass is 9.92. The zero-order valence-electron chi connectivity index (χ0n) is 28.2. The van der Waals surface area contributed by atoms with Crippen molar-refractivity contribution in [1.29, 1.82) is 0 Å². The van der Waals surface area contributed by atoms with Gasteiger partial charge in [0.2, 0.25) is 0 Å². The molecule has 0 aliphatic carbocycles. The van der Waals surface area contributed by atoms with Crippen LogP contribution in [0.1, 0.15) is 0 Å². The SMILES string of the molecule is c1ccc(-c2cc(-c3ccc(-c4ccnc5ccccc45)cc3)nc(-c3ccc(-c4ccc5c6ccccc6c6ccccc6c5c4)cc3)n2)cc1. The minimum Gasteiger partial charge on any atom is -0.256 e. The molecule has 0 radical (unpaired) electrons. The molecule has 0 saturated heterocycles. The van der Waals surface area contributed by atoms with E-state index >= 15 is 0 Å². The average Bonchev–Trinajstić information content (AvgIpc) is 3.23. The van der Waals surface area contributed by atoms with Gasteiger partial charge in [0.05, 0.1) is 16.9 Å². The molecular formula is C49H31N3. The molecule has 0 aliphatic heterocycles. The summed E-state index contributed by atoms with van der Waals surface area (Å²) in [5.41, 5.74) is 10.5. The van der Waals surface area contributed by atoms with Crippen molar-refractivity contribution >= 4 is 43.2 Å². The summed E-state index contributed by atoms with van der Waals surface area (Å²) in [6.45, 7) is 0. The number of hydrogen-bond donors (Lipinski definition) is 0. The molecule has 0 atom stereocenters. The number of benzene rings is 8. The number of aromatic nitrogens is 3. The molecule has 0 bridgehead atoms. The highest BCUT2D eigenvalue weighted by molar-refractivity contribution is 6.25. The molecule has 0 unspecified atom stereocenters. The number of para-hydroxylation sites is 1. The van der Waals surface area contributed by atoms with Gasteiger partial charge in [0, 0.05) is 28.3 Å². The minimum absolute atomic E-state index is 0.697. The van der Waals surface area contributed by atoms with E-state index in [0.717, 1.165) is 50.1 Å². The summed E-state index contributed by atoms with van der Waals surface area (Å²) in [6, 6.07) is 64.4. The van der Waals surface area contributed by atoms with Gasteiger partial charge >= 0.3 is 0 Å². The van der Waals surface area contributed by atoms with Gasteiger partial charge in [0.25, 0.3) is 0 Å². The van der Waals surface area contributed by atoms with Crippen LogP contribution >= 0.6 is 0 Å². The molecule has 0 aliphatic rings. The Hall–Kier alpha value is -6.97. The van der Waals surface area contributed by atoms with Crippen molar-refractivity contribution in [2.24, 2.45) is 0 Å². The molecule has 2 aromatic heterocycles. The van der Waals surface area contributed by atoms with Crippen molar-refractivity contribution in [3.8, 4) is 56.2 Å². The van der Waals surface area contributed by atoms with Gasteiger partial charge in [-0.15, -0.1) is 0 Å². The lowest BCUT2D eigenvalue weighted by Gasteiger charge is -2.13. The lowest BCUT2D eigenvalue weighted by molar-refractivity contribution is 1.18. The molecule has 0 N–H and O–H groups in total. The highest BCUT2D eigenvalue weighted by Gasteiger charge is 2.13. The van der Waals surface area contributed by atoms with E-state index in [1.54, 1.807) is 0 Å². The van der Waals surface area contributed by atoms with E-state index in [4.69, 9.17) is 9.97 Å². The van der Waals surface area contributed by atoms with Crippen molar-refractivity contribution in [1.82, 2.24) is 15.0 Å². The molecule has 0 spiro atoms. The first-order valence-electron chi connectivity index (χ1n) is 17.6. The van der Waals surface area contributed by atoms with Gasteiger partial charge in [-0.05, 0) is 78.8 Å². The van der Waals surface area contributed by atoms with Crippen LogP contribution in [-0.4, -0.2) is 15.0 Å². The molecule has 10 rings (SSSR count). The van der Waals surface area contributed by atoms with Gasteiger partial charge in [0.15, 0.2) is 5.82 Å². The summed E-state index contributed by atoms with van der Waals surface area (Å²) in [7, 11) is 0. The van der Waals surface area contributed by atoms with E-state index in [1.165, 1.54) is 43.4 Å². The normalized spacial score (nSPS) is 11.5. The largest absolute Gasteiger partial charge is 0.256 e. The Morgan fingerprint density at radius 1 is 0.288 bits per heavy atom. The third-order valence-electron chi connectivity index (χ3n) is 10.2. The van der Waals surface area contributed by atoms with Crippen LogP contribution in [-0.2, 0) is 0 Å². The van der Waals surface area contributed by atoms with E-state index in [-0.39, 0.29) is 0 Å². The first-order valence-corrected chi connectivity index (χ1v) is 17.6. The zero-order valence-corrected chi connectivity index (χ0v) is 28.2. The first-order chi connectivity index (χ1) is 25.8. The fourth-order valence-electron chi connectivity index (χ4n) is 7.55. The van der Waals surface area contributed by atoms with E-state index in [0.29, 0.717) is 5.82 Å². The molecule has 242 valence electrons. The van der Waals surface area contributed by atoms with Crippen LogP contribution in [0.4, 0.5) is 0 Å². The quantitative estimate of drug-likeness (QED) is 0.172. The highest BCUT2D eigenvalue weighted by Crippen LogP contribution is 2.38. The second-order valence-corrected chi connectivity index (χ2v) is 13.2. The van der Waals surface area contributed by atoms with Crippen LogP contribution < -0.4 is 0 Å². The van der Waals surface area contributed by atoms with E-state index in [9.17, 15) is 0 Å². The summed E-state index contributed by atoms with van der Waals surface area (Å²) in [4.78, 5) is 14.8. The van der Waals surface area contributed by atoms with Crippen LogP contribution in [0.15, 0.2) is 188 Å². The Morgan fingerprint density at radius 3 is 1.44 bits per heavy atom. The maximum atomic E-state index is 5.14. The Kier molecular flexibility index (Phi) is 7.14. The number of fused-ring (bicyclic) bond motifs is 7. The second kappa shape index (κ2) is 12.4. The topological polar surface area (TPSA) is 38.7 Å². The third kappa shape index (κ3) is 5.19. The summed E-state index contributed by atoms with van der Waals surface area (Å²) < 4.78 is 0. The van der Waals surface area contributed by atoms with Crippen LogP contribution in [0, 0.1) is 0 Å². The predicted octanol–water partition coefficient (Wildman–Crippen LogP) is 12.8. The maximum Gasteiger partial charge on any atom is 0.160 e. The Balaban J connectivity index is 1.04. The first kappa shape index (κ1) is 29.9. The predicted molar refractivity (Wildman–Crippen MR) is 217 cm³/mol. The molecule has 0 fully saturated rings. The standard InChI is InChI=1S/C49H31N3/c1-2-10-34(11-3-1)47-31-48(35-22-20-33(21-23-35)38-28-29-50-46-17-9-8-16-44(38)46)52-49(51-47)36-24-18-32(19-25-36)37-26-27-43-41-14-5-4-12-39(41)40-13-6-7-15-42(40)45(43)30-37/h1-31H. The third-order valence-corrected chi connectivity index (χ3v) is 10.2. The Morgan fingerprint density at radius 2 is 0.769 bits per heavy atom. The lowest BCUT2D eigenvalue weighted by Crippen LogP contribution is -1.96. The number of pyridine rings is 1. The molecule has 8 aromatic carbocycles. The number of hydrogen-bond acceptors (Lipinski definition) is 3. The van der Waals surface area contributed by atoms with Gasteiger partial charge in [-0.25, -0.2) is 9.97 Å². The average molecular weight is 662 g/mol. The zero-order chi connectivity index (χ0) is 34.4. The van der Waals surface area contributed by atoms with E-state index in [2.05, 4.69) is 175 Å². The molecule has 0 amide bonds. The van der Waals surface area contributed by atoms with Gasteiger partial charge in [-0.2, -0.15) is 0 Å². The maximum absolute atomic E-state index is 5.14. The van der Waals surface area contributed by atoms with Crippen molar-refractivity contribution < 1.29 is 0 Å². The van der Waals surface area contributed by atoms with Gasteiger partial charge in [-0.1, -0.05) is 158 Å². The van der Waals surface area contributed by atoms with Crippen molar-refractivity contribution in [2.75, 3.05) is 0 Å². The summed E-state index contributed by atoms with van der Waals surface area (Å²) >= 11 is 0. The van der Waals surface area contributed by atoms with E-state index < -0.39 is 0 Å². The van der Waals surface area contributed by atoms with Crippen LogP contribution in [0.3, 0.4) is 0 Å². The smallest absolute Gasteiger partial charge is 0.160 e. The molecule has 10 aromatic rings. The minimum atomic E-state index is 0.697. The van der Waals surface area contributed by atoms with Gasteiger partial charge in [-0.3, -0.25) is 4.98 Å². The highest BCUT2D eigenvalue weighted by atomic mass is 14.9. The Labute approximate surface area is 301 Å². The van der Waals surface area contributed by atoms with Crippen molar-refractivity contribution in [3.05, 3.63) is 188 Å². The monoisotopic (exact) mass is 661 g/mol. The van der Waals surface area contributed by atoms with Crippen molar-refractivity contribution in [2.45, 2.75) is 0 Å².